The van der Waals surface area contributed by atoms with Crippen molar-refractivity contribution in [1.82, 2.24) is 19.6 Å². The molecule has 3 rings (SSSR count). The van der Waals surface area contributed by atoms with Crippen LogP contribution in [0.25, 0.3) is 5.65 Å². The van der Waals surface area contributed by atoms with Crippen molar-refractivity contribution >= 4 is 5.65 Å². The highest BCUT2D eigenvalue weighted by molar-refractivity contribution is 5.42. The molecule has 0 aliphatic rings. The van der Waals surface area contributed by atoms with Gasteiger partial charge >= 0.3 is 0 Å². The summed E-state index contributed by atoms with van der Waals surface area (Å²) in [5.74, 6) is 0. The van der Waals surface area contributed by atoms with Gasteiger partial charge in [-0.25, -0.2) is 0 Å². The van der Waals surface area contributed by atoms with Gasteiger partial charge in [-0.05, 0) is 5.56 Å². The van der Waals surface area contributed by atoms with Crippen LogP contribution < -0.4 is 5.73 Å². The number of hydrogen-bond donors (Lipinski definition) is 1. The third-order valence-electron chi connectivity index (χ3n) is 2.93. The minimum Gasteiger partial charge on any atom is -0.324 e. The van der Waals surface area contributed by atoms with Gasteiger partial charge in [0, 0.05) is 24.9 Å². The lowest BCUT2D eigenvalue weighted by Crippen LogP contribution is -2.14. The first kappa shape index (κ1) is 10.9. The maximum absolute atomic E-state index is 6.19. The first-order valence-corrected chi connectivity index (χ1v) is 5.78. The number of hydrogen-bond acceptors (Lipinski definition) is 4. The molecule has 5 nitrogen and oxygen atoms in total. The third kappa shape index (κ3) is 1.96. The molecule has 2 N–H and O–H groups in total. The topological polar surface area (TPSA) is 69.1 Å². The molecule has 18 heavy (non-hydrogen) atoms. The molecule has 0 spiro atoms. The summed E-state index contributed by atoms with van der Waals surface area (Å²) < 4.78 is 1.85. The molecule has 0 saturated heterocycles. The van der Waals surface area contributed by atoms with E-state index in [9.17, 15) is 0 Å². The Morgan fingerprint density at radius 1 is 1.22 bits per heavy atom. The molecule has 3 aromatic rings. The maximum Gasteiger partial charge on any atom is 0.182 e. The number of nitrogens with zero attached hydrogens (tertiary/aromatic N) is 4. The van der Waals surface area contributed by atoms with Gasteiger partial charge in [-0.3, -0.25) is 9.38 Å². The van der Waals surface area contributed by atoms with E-state index >= 15 is 0 Å². The summed E-state index contributed by atoms with van der Waals surface area (Å²) in [7, 11) is 0. The summed E-state index contributed by atoms with van der Waals surface area (Å²) in [5.41, 5.74) is 8.92. The molecule has 2 heterocycles. The molecule has 0 fully saturated rings. The highest BCUT2D eigenvalue weighted by Crippen LogP contribution is 2.16. The Balaban J connectivity index is 1.91. The second kappa shape index (κ2) is 4.54. The number of aromatic nitrogens is 4. The standard InChI is InChI=1S/C13H13N5/c14-11(10-4-2-1-3-5-10)8-12-13-17-16-9-18(13)7-6-15-12/h1-7,9,11H,8,14H2. The molecule has 0 radical (unpaired) electrons. The molecule has 2 aromatic heterocycles. The summed E-state index contributed by atoms with van der Waals surface area (Å²) in [6, 6.07) is 9.92. The zero-order valence-corrected chi connectivity index (χ0v) is 9.77. The Kier molecular flexibility index (Phi) is 2.74. The molecule has 0 aliphatic carbocycles. The predicted octanol–water partition coefficient (Wildman–Crippen LogP) is 1.37. The van der Waals surface area contributed by atoms with Gasteiger partial charge in [0.05, 0.1) is 5.69 Å². The number of fused-ring (bicyclic) bond motifs is 1. The Morgan fingerprint density at radius 3 is 2.89 bits per heavy atom. The fourth-order valence-corrected chi connectivity index (χ4v) is 1.98. The molecule has 0 aliphatic heterocycles. The van der Waals surface area contributed by atoms with E-state index in [2.05, 4.69) is 15.2 Å². The van der Waals surface area contributed by atoms with Crippen LogP contribution in [0.3, 0.4) is 0 Å². The Labute approximate surface area is 104 Å². The van der Waals surface area contributed by atoms with Crippen LogP contribution in [0.1, 0.15) is 17.3 Å². The third-order valence-corrected chi connectivity index (χ3v) is 2.93. The highest BCUT2D eigenvalue weighted by atomic mass is 15.2. The number of nitrogens with two attached hydrogens (primary N) is 1. The van der Waals surface area contributed by atoms with Crippen molar-refractivity contribution < 1.29 is 0 Å². The monoisotopic (exact) mass is 239 g/mol. The average molecular weight is 239 g/mol. The molecule has 1 atom stereocenters. The van der Waals surface area contributed by atoms with Crippen LogP contribution in [0, 0.1) is 0 Å². The lowest BCUT2D eigenvalue weighted by atomic mass is 10.0. The SMILES string of the molecule is NC(Cc1nccn2cnnc12)c1ccccc1. The van der Waals surface area contributed by atoms with Crippen molar-refractivity contribution in [2.75, 3.05) is 0 Å². The largest absolute Gasteiger partial charge is 0.324 e. The number of benzene rings is 1. The predicted molar refractivity (Wildman–Crippen MR) is 67.9 cm³/mol. The minimum atomic E-state index is -0.0819. The zero-order valence-electron chi connectivity index (χ0n) is 9.77. The Bertz CT molecular complexity index is 647. The van der Waals surface area contributed by atoms with Crippen LogP contribution >= 0.6 is 0 Å². The smallest absolute Gasteiger partial charge is 0.182 e. The van der Waals surface area contributed by atoms with Gasteiger partial charge in [-0.2, -0.15) is 0 Å². The summed E-state index contributed by atoms with van der Waals surface area (Å²) >= 11 is 0. The first-order chi connectivity index (χ1) is 8.84. The van der Waals surface area contributed by atoms with E-state index in [0.717, 1.165) is 16.9 Å². The van der Waals surface area contributed by atoms with E-state index in [1.54, 1.807) is 12.5 Å². The molecular formula is C13H13N5. The average Bonchev–Trinajstić information content (AvgIpc) is 2.89. The van der Waals surface area contributed by atoms with Gasteiger partial charge < -0.3 is 5.73 Å². The van der Waals surface area contributed by atoms with E-state index in [0.29, 0.717) is 6.42 Å². The highest BCUT2D eigenvalue weighted by Gasteiger charge is 2.11. The van der Waals surface area contributed by atoms with Crippen LogP contribution in [0.4, 0.5) is 0 Å². The lowest BCUT2D eigenvalue weighted by molar-refractivity contribution is 0.706. The van der Waals surface area contributed by atoms with Crippen LogP contribution in [-0.4, -0.2) is 19.6 Å². The van der Waals surface area contributed by atoms with E-state index in [1.165, 1.54) is 0 Å². The van der Waals surface area contributed by atoms with Crippen molar-refractivity contribution in [3.8, 4) is 0 Å². The van der Waals surface area contributed by atoms with Crippen LogP contribution in [0.2, 0.25) is 0 Å². The molecule has 1 unspecified atom stereocenters. The van der Waals surface area contributed by atoms with Gasteiger partial charge in [-0.1, -0.05) is 30.3 Å². The molecule has 90 valence electrons. The fourth-order valence-electron chi connectivity index (χ4n) is 1.98. The Morgan fingerprint density at radius 2 is 2.06 bits per heavy atom. The van der Waals surface area contributed by atoms with Crippen molar-refractivity contribution in [2.45, 2.75) is 12.5 Å². The summed E-state index contributed by atoms with van der Waals surface area (Å²) in [6.07, 6.45) is 5.87. The van der Waals surface area contributed by atoms with E-state index in [1.807, 2.05) is 40.9 Å². The van der Waals surface area contributed by atoms with Crippen molar-refractivity contribution in [3.05, 3.63) is 60.3 Å². The molecule has 5 heteroatoms. The Hall–Kier alpha value is -2.27. The van der Waals surface area contributed by atoms with Gasteiger partial charge in [0.15, 0.2) is 5.65 Å². The van der Waals surface area contributed by atoms with Crippen molar-refractivity contribution in [3.63, 3.8) is 0 Å². The molecular weight excluding hydrogens is 226 g/mol. The summed E-state index contributed by atoms with van der Waals surface area (Å²) in [4.78, 5) is 4.34. The molecule has 0 amide bonds. The maximum atomic E-state index is 6.19. The van der Waals surface area contributed by atoms with Crippen molar-refractivity contribution in [2.24, 2.45) is 5.73 Å². The fraction of sp³-hybridized carbons (Fsp3) is 0.154. The number of rotatable bonds is 3. The van der Waals surface area contributed by atoms with Gasteiger partial charge in [0.2, 0.25) is 0 Å². The second-order valence-corrected chi connectivity index (χ2v) is 4.16. The quantitative estimate of drug-likeness (QED) is 0.749. The van der Waals surface area contributed by atoms with Gasteiger partial charge in [-0.15, -0.1) is 10.2 Å². The van der Waals surface area contributed by atoms with Gasteiger partial charge in [0.1, 0.15) is 6.33 Å². The van der Waals surface area contributed by atoms with Gasteiger partial charge in [0.25, 0.3) is 0 Å². The lowest BCUT2D eigenvalue weighted by Gasteiger charge is -2.11. The van der Waals surface area contributed by atoms with Crippen molar-refractivity contribution in [1.29, 1.82) is 0 Å². The molecule has 1 aromatic carbocycles. The van der Waals surface area contributed by atoms with E-state index in [4.69, 9.17) is 5.73 Å². The normalized spacial score (nSPS) is 12.7. The van der Waals surface area contributed by atoms with E-state index < -0.39 is 0 Å². The first-order valence-electron chi connectivity index (χ1n) is 5.78. The summed E-state index contributed by atoms with van der Waals surface area (Å²) in [6.45, 7) is 0. The molecule has 0 saturated carbocycles. The second-order valence-electron chi connectivity index (χ2n) is 4.16. The molecule has 0 bridgehead atoms. The summed E-state index contributed by atoms with van der Waals surface area (Å²) in [5, 5.41) is 7.93. The zero-order chi connectivity index (χ0) is 12.4. The van der Waals surface area contributed by atoms with Crippen LogP contribution in [0.5, 0.6) is 0 Å². The van der Waals surface area contributed by atoms with E-state index in [-0.39, 0.29) is 6.04 Å². The van der Waals surface area contributed by atoms with Crippen LogP contribution in [-0.2, 0) is 6.42 Å². The van der Waals surface area contributed by atoms with Crippen LogP contribution in [0.15, 0.2) is 49.1 Å². The minimum absolute atomic E-state index is 0.0819.